The zero-order valence-electron chi connectivity index (χ0n) is 65.9. The Morgan fingerprint density at radius 3 is 1.42 bits per heavy atom. The number of carbonyl (C=O) groups is 15. The Balaban J connectivity index is 1.14. The van der Waals surface area contributed by atoms with Crippen LogP contribution in [0, 0.1) is 27.2 Å². The highest BCUT2D eigenvalue weighted by molar-refractivity contribution is 14.1. The summed E-state index contributed by atoms with van der Waals surface area (Å²) in [4.78, 5) is 197. The molecule has 0 bridgehead atoms. The highest BCUT2D eigenvalue weighted by atomic mass is 127. The number of nitrogens with zero attached hydrogens (tertiary/aromatic N) is 4. The van der Waals surface area contributed by atoms with Crippen molar-refractivity contribution in [3.05, 3.63) is 81.4 Å². The molecule has 0 spiro atoms. The number of amides is 6. The number of aryl methyl sites for hydroxylation is 1. The average Bonchev–Trinajstić information content (AvgIpc) is 0.833. The van der Waals surface area contributed by atoms with Crippen molar-refractivity contribution in [2.24, 2.45) is 23.7 Å². The predicted molar refractivity (Wildman–Crippen MR) is 434 cm³/mol. The summed E-state index contributed by atoms with van der Waals surface area (Å²) in [5, 5.41) is 84.7. The zero-order valence-corrected chi connectivity index (χ0v) is 68.1. The van der Waals surface area contributed by atoms with Crippen LogP contribution in [0.2, 0.25) is 0 Å². The van der Waals surface area contributed by atoms with E-state index in [1.54, 1.807) is 14.7 Å². The molecule has 13 N–H and O–H groups in total. The normalized spacial score (nSPS) is 16.7. The fourth-order valence-corrected chi connectivity index (χ4v) is 14.8. The summed E-state index contributed by atoms with van der Waals surface area (Å²) in [6.45, 7) is 1.89. The minimum absolute atomic E-state index is 0.00168. The van der Waals surface area contributed by atoms with E-state index >= 15 is 0 Å². The van der Waals surface area contributed by atoms with E-state index in [4.69, 9.17) is 5.11 Å². The summed E-state index contributed by atoms with van der Waals surface area (Å²) >= 11 is 2.24. The third-order valence-electron chi connectivity index (χ3n) is 21.1. The van der Waals surface area contributed by atoms with Gasteiger partial charge in [0.05, 0.1) is 26.2 Å². The van der Waals surface area contributed by atoms with Gasteiger partial charge in [-0.15, -0.1) is 0 Å². The van der Waals surface area contributed by atoms with Gasteiger partial charge in [0.15, 0.2) is 0 Å². The molecule has 1 saturated heterocycles. The summed E-state index contributed by atoms with van der Waals surface area (Å²) in [5.41, 5.74) is 2.00. The van der Waals surface area contributed by atoms with E-state index in [-0.39, 0.29) is 196 Å². The smallest absolute Gasteiger partial charge is 0.326 e. The van der Waals surface area contributed by atoms with E-state index in [0.29, 0.717) is 116 Å². The Hall–Kier alpha value is -9.06. The first-order chi connectivity index (χ1) is 55.0. The Bertz CT molecular complexity index is 3640. The van der Waals surface area contributed by atoms with Gasteiger partial charge < -0.3 is 67.6 Å². The van der Waals surface area contributed by atoms with Crippen molar-refractivity contribution < 1.29 is 108 Å². The standard InChI is InChI=1S/C82H119IN10O22/c83-64-33-28-56(29-34-64)15-14-24-71(97)84-37-12-10-21-67(79(109)110)87-72(98)23-7-2-1-5-19-65(94)49-62(18-4-3-6-20-66(95)52-90-39-41-91(53-74(101)102)43-45-93(55-76(105)106)46-44-92(42-40-90)54-75(103)104)77(107)86-51-57-25-31-60(32-26-57)70(96)50-63(48-58-27-30-59-16-8-9-17-61(59)47-58)78(108)85-38-13-11-22-68(80(111)112)88-82(115)89-69(81(113)114)35-36-73(99)100/h8-9,16-17,27-30,33-34,47,57,60,62-63,67-69H,1-7,10-15,18-26,31-32,35-46,48-55H2,(H,84,97)(H,85,108)(H,86,107)(H,87,98)(H,99,100)(H,101,102)(H,103,104)(H,105,106)(H,109,110)(H,111,112)(H,113,114)(H2,88,89,115)/t57?,60?,62?,63?,67-,68?,69?/m0/s1. The van der Waals surface area contributed by atoms with Gasteiger partial charge >= 0.3 is 47.8 Å². The molecule has 1 aliphatic heterocycles. The lowest BCUT2D eigenvalue weighted by Gasteiger charge is -2.32. The van der Waals surface area contributed by atoms with Crippen molar-refractivity contribution >= 4 is 122 Å². The summed E-state index contributed by atoms with van der Waals surface area (Å²) in [6.07, 6.45) is 9.33. The van der Waals surface area contributed by atoms with Crippen LogP contribution in [0.3, 0.4) is 0 Å². The van der Waals surface area contributed by atoms with E-state index in [2.05, 4.69) is 54.5 Å². The van der Waals surface area contributed by atoms with E-state index < -0.39 is 96.5 Å². The first kappa shape index (κ1) is 96.5. The molecule has 2 aliphatic rings. The van der Waals surface area contributed by atoms with Crippen molar-refractivity contribution in [1.82, 2.24) is 51.5 Å². The number of halogens is 1. The quantitative estimate of drug-likeness (QED) is 0.0208. The largest absolute Gasteiger partial charge is 0.481 e. The molecule has 2 fully saturated rings. The van der Waals surface area contributed by atoms with E-state index in [0.717, 1.165) is 31.9 Å². The van der Waals surface area contributed by atoms with Crippen molar-refractivity contribution in [2.45, 2.75) is 204 Å². The van der Waals surface area contributed by atoms with Gasteiger partial charge in [-0.05, 0) is 178 Å². The van der Waals surface area contributed by atoms with Gasteiger partial charge in [0.1, 0.15) is 35.5 Å². The first-order valence-electron chi connectivity index (χ1n) is 40.4. The minimum Gasteiger partial charge on any atom is -0.481 e. The van der Waals surface area contributed by atoms with Crippen LogP contribution >= 0.6 is 22.6 Å². The van der Waals surface area contributed by atoms with Crippen molar-refractivity contribution in [3.63, 3.8) is 0 Å². The van der Waals surface area contributed by atoms with Crippen molar-refractivity contribution in [3.8, 4) is 0 Å². The lowest BCUT2D eigenvalue weighted by atomic mass is 9.77. The minimum atomic E-state index is -1.57. The van der Waals surface area contributed by atoms with Crippen LogP contribution < -0.4 is 31.9 Å². The number of hydrogen-bond acceptors (Lipinski definition) is 19. The van der Waals surface area contributed by atoms with Crippen LogP contribution in [0.15, 0.2) is 66.7 Å². The predicted octanol–water partition coefficient (Wildman–Crippen LogP) is 6.63. The van der Waals surface area contributed by atoms with Crippen LogP contribution in [0.1, 0.15) is 184 Å². The number of fused-ring (bicyclic) bond motifs is 1. The first-order valence-corrected chi connectivity index (χ1v) is 41.5. The number of unbranched alkanes of at least 4 members (excludes halogenated alkanes) is 7. The van der Waals surface area contributed by atoms with Crippen molar-refractivity contribution in [1.29, 1.82) is 0 Å². The maximum absolute atomic E-state index is 14.3. The third-order valence-corrected chi connectivity index (χ3v) is 21.8. The molecule has 1 aliphatic carbocycles. The number of hydrogen-bond donors (Lipinski definition) is 13. The highest BCUT2D eigenvalue weighted by Crippen LogP contribution is 2.32. The molecule has 636 valence electrons. The third kappa shape index (κ3) is 41.4. The monoisotopic (exact) mass is 1720 g/mol. The maximum atomic E-state index is 14.3. The fourth-order valence-electron chi connectivity index (χ4n) is 14.5. The maximum Gasteiger partial charge on any atom is 0.326 e. The number of carboxylic acids is 7. The second-order valence-corrected chi connectivity index (χ2v) is 31.6. The number of nitrogens with one attached hydrogen (secondary N) is 6. The SMILES string of the molecule is O=C(O)CCC(NC(=O)NC(CCCCNC(=O)C(CC(=O)C1CCC(CNC(=O)C(CCCCCC(=O)CN2CCN(CC(=O)O)CCN(CC(=O)O)CCN(CC(=O)O)CC2)CC(=O)CCCCCCC(=O)N[C@@H](CCCCNC(=O)CCCc2ccc(I)cc2)C(=O)O)CC1)Cc1ccc2ccccc2c1)C(=O)O)C(=O)O. The van der Waals surface area contributed by atoms with Gasteiger partial charge in [0, 0.05) is 138 Å². The molecule has 1 heterocycles. The lowest BCUT2D eigenvalue weighted by Crippen LogP contribution is -2.51. The Labute approximate surface area is 685 Å². The molecule has 3 aromatic rings. The number of rotatable bonds is 55. The number of aliphatic carboxylic acids is 7. The number of carbonyl (C=O) groups excluding carboxylic acids is 8. The molecule has 6 amide bonds. The molecule has 32 nitrogen and oxygen atoms in total. The van der Waals surface area contributed by atoms with E-state index in [9.17, 15) is 103 Å². The van der Waals surface area contributed by atoms with Gasteiger partial charge in [0.2, 0.25) is 23.6 Å². The van der Waals surface area contributed by atoms with Gasteiger partial charge in [0.25, 0.3) is 0 Å². The summed E-state index contributed by atoms with van der Waals surface area (Å²) < 4.78 is 1.14. The molecule has 33 heteroatoms. The average molecular weight is 1720 g/mol. The molecule has 0 radical (unpaired) electrons. The molecule has 0 aromatic heterocycles. The van der Waals surface area contributed by atoms with Crippen LogP contribution in [0.25, 0.3) is 10.8 Å². The number of Topliss-reactive ketones (excluding diaryl/α,β-unsaturated/α-hetero) is 3. The van der Waals surface area contributed by atoms with Crippen LogP contribution in [0.5, 0.6) is 0 Å². The number of benzene rings is 3. The Morgan fingerprint density at radius 2 is 0.870 bits per heavy atom. The molecular formula is C82H119IN10O22. The number of carboxylic acid groups (broad SMARTS) is 7. The summed E-state index contributed by atoms with van der Waals surface area (Å²) in [5.74, 6) is -11.8. The number of urea groups is 1. The fraction of sp³-hybridized carbons (Fsp3) is 0.622. The molecule has 5 atom stereocenters. The van der Waals surface area contributed by atoms with Gasteiger partial charge in [-0.25, -0.2) is 19.2 Å². The van der Waals surface area contributed by atoms with Crippen LogP contribution in [0.4, 0.5) is 4.79 Å². The second-order valence-electron chi connectivity index (χ2n) is 30.4. The van der Waals surface area contributed by atoms with Crippen LogP contribution in [-0.2, 0) is 80.0 Å². The molecular weight excluding hydrogens is 1600 g/mol. The van der Waals surface area contributed by atoms with E-state index in [1.807, 2.05) is 71.6 Å². The van der Waals surface area contributed by atoms with Gasteiger partial charge in [-0.2, -0.15) is 0 Å². The van der Waals surface area contributed by atoms with Gasteiger partial charge in [-0.1, -0.05) is 80.3 Å². The molecule has 4 unspecified atom stereocenters. The highest BCUT2D eigenvalue weighted by Gasteiger charge is 2.33. The van der Waals surface area contributed by atoms with Gasteiger partial charge in [-0.3, -0.25) is 72.3 Å². The molecule has 115 heavy (non-hydrogen) atoms. The molecule has 1 saturated carbocycles. The Morgan fingerprint density at radius 1 is 0.400 bits per heavy atom. The second kappa shape index (κ2) is 54.0. The lowest BCUT2D eigenvalue weighted by molar-refractivity contribution is -0.142. The molecule has 5 rings (SSSR count). The van der Waals surface area contributed by atoms with Crippen molar-refractivity contribution in [2.75, 3.05) is 98.2 Å². The summed E-state index contributed by atoms with van der Waals surface area (Å²) in [7, 11) is 0. The zero-order chi connectivity index (χ0) is 84.0. The number of ketones is 3. The topological polar surface area (TPSA) is 483 Å². The van der Waals surface area contributed by atoms with E-state index in [1.165, 1.54) is 0 Å². The molecule has 3 aromatic carbocycles. The summed E-state index contributed by atoms with van der Waals surface area (Å²) in [6, 6.07) is 16.5. The van der Waals surface area contributed by atoms with Crippen LogP contribution in [-0.4, -0.2) is 260 Å². The Kier molecular flexibility index (Phi) is 45.3.